The standard InChI is InChI=1S/C25H19BrN2O5/c1-32-25(31)15-10-12-18(13-11-15)27-23(29)20-21(16-6-5-7-17(26)14-16)28(33-22(20)24(27)30)19-8-3-2-4-9-19/h2-14,20-22H,1H3. The number of hydrogen-bond donors (Lipinski definition) is 0. The van der Waals surface area contributed by atoms with Crippen LogP contribution in [0.3, 0.4) is 0 Å². The number of esters is 1. The number of carbonyl (C=O) groups is 3. The molecule has 2 saturated heterocycles. The molecule has 7 nitrogen and oxygen atoms in total. The average molecular weight is 507 g/mol. The van der Waals surface area contributed by atoms with E-state index in [1.54, 1.807) is 17.2 Å². The molecule has 3 atom stereocenters. The second-order valence-electron chi connectivity index (χ2n) is 7.76. The molecule has 0 aliphatic carbocycles. The van der Waals surface area contributed by atoms with Crippen LogP contribution in [0.25, 0.3) is 0 Å². The lowest BCUT2D eigenvalue weighted by atomic mass is 9.90. The highest BCUT2D eigenvalue weighted by atomic mass is 79.9. The molecule has 0 radical (unpaired) electrons. The Morgan fingerprint density at radius 1 is 0.909 bits per heavy atom. The second-order valence-corrected chi connectivity index (χ2v) is 8.68. The van der Waals surface area contributed by atoms with E-state index in [4.69, 9.17) is 9.57 Å². The molecule has 33 heavy (non-hydrogen) atoms. The number of rotatable bonds is 4. The van der Waals surface area contributed by atoms with Crippen LogP contribution in [0.15, 0.2) is 83.3 Å². The first kappa shape index (κ1) is 21.4. The molecule has 0 aromatic heterocycles. The van der Waals surface area contributed by atoms with Crippen LogP contribution in [0, 0.1) is 5.92 Å². The van der Waals surface area contributed by atoms with Crippen LogP contribution in [0.2, 0.25) is 0 Å². The summed E-state index contributed by atoms with van der Waals surface area (Å²) in [6, 6.07) is 22.7. The van der Waals surface area contributed by atoms with E-state index in [2.05, 4.69) is 15.9 Å². The number of amides is 2. The summed E-state index contributed by atoms with van der Waals surface area (Å²) in [4.78, 5) is 46.0. The van der Waals surface area contributed by atoms with Gasteiger partial charge in [0, 0.05) is 4.47 Å². The van der Waals surface area contributed by atoms with Gasteiger partial charge in [-0.2, -0.15) is 0 Å². The van der Waals surface area contributed by atoms with Gasteiger partial charge in [-0.05, 0) is 54.1 Å². The van der Waals surface area contributed by atoms with E-state index in [0.29, 0.717) is 11.3 Å². The maximum atomic E-state index is 13.6. The van der Waals surface area contributed by atoms with Gasteiger partial charge in [-0.15, -0.1) is 0 Å². The smallest absolute Gasteiger partial charge is 0.337 e. The molecule has 3 aromatic rings. The maximum absolute atomic E-state index is 13.6. The van der Waals surface area contributed by atoms with Crippen molar-refractivity contribution >= 4 is 45.1 Å². The minimum atomic E-state index is -0.957. The van der Waals surface area contributed by atoms with Crippen LogP contribution >= 0.6 is 15.9 Å². The van der Waals surface area contributed by atoms with E-state index >= 15 is 0 Å². The van der Waals surface area contributed by atoms with Gasteiger partial charge in [0.05, 0.1) is 30.1 Å². The highest BCUT2D eigenvalue weighted by molar-refractivity contribution is 9.10. The topological polar surface area (TPSA) is 76.2 Å². The molecule has 3 unspecified atom stereocenters. The molecular formula is C25H19BrN2O5. The van der Waals surface area contributed by atoms with Gasteiger partial charge in [0.15, 0.2) is 6.10 Å². The fourth-order valence-corrected chi connectivity index (χ4v) is 4.78. The molecule has 8 heteroatoms. The predicted octanol–water partition coefficient (Wildman–Crippen LogP) is 4.29. The Morgan fingerprint density at radius 3 is 2.30 bits per heavy atom. The molecule has 2 aliphatic rings. The number of hydrogen-bond acceptors (Lipinski definition) is 6. The zero-order valence-electron chi connectivity index (χ0n) is 17.6. The number of carbonyl (C=O) groups excluding carboxylic acids is 3. The van der Waals surface area contributed by atoms with Gasteiger partial charge >= 0.3 is 5.97 Å². The van der Waals surface area contributed by atoms with Crippen molar-refractivity contribution in [2.75, 3.05) is 17.1 Å². The lowest BCUT2D eigenvalue weighted by molar-refractivity contribution is -0.126. The van der Waals surface area contributed by atoms with Gasteiger partial charge in [-0.25, -0.2) is 14.8 Å². The van der Waals surface area contributed by atoms with Crippen molar-refractivity contribution in [1.82, 2.24) is 0 Å². The molecule has 5 rings (SSSR count). The zero-order valence-corrected chi connectivity index (χ0v) is 19.1. The SMILES string of the molecule is COC(=O)c1ccc(N2C(=O)C3ON(c4ccccc4)C(c4cccc(Br)c4)C3C2=O)cc1. The first-order valence-corrected chi connectivity index (χ1v) is 11.1. The Labute approximate surface area is 198 Å². The summed E-state index contributed by atoms with van der Waals surface area (Å²) < 4.78 is 5.58. The molecule has 0 bridgehead atoms. The summed E-state index contributed by atoms with van der Waals surface area (Å²) in [5, 5.41) is 1.66. The Bertz CT molecular complexity index is 1230. The number of halogens is 1. The number of methoxy groups -OCH3 is 1. The van der Waals surface area contributed by atoms with Gasteiger partial charge in [0.25, 0.3) is 5.91 Å². The monoisotopic (exact) mass is 506 g/mol. The third-order valence-corrected chi connectivity index (χ3v) is 6.36. The van der Waals surface area contributed by atoms with Crippen LogP contribution in [-0.4, -0.2) is 31.0 Å². The first-order chi connectivity index (χ1) is 16.0. The van der Waals surface area contributed by atoms with E-state index in [-0.39, 0.29) is 5.91 Å². The van der Waals surface area contributed by atoms with E-state index in [1.165, 1.54) is 19.2 Å². The number of imide groups is 1. The minimum Gasteiger partial charge on any atom is -0.465 e. The Kier molecular flexibility index (Phi) is 5.47. The lowest BCUT2D eigenvalue weighted by Crippen LogP contribution is -2.37. The first-order valence-electron chi connectivity index (χ1n) is 10.3. The van der Waals surface area contributed by atoms with E-state index < -0.39 is 29.9 Å². The molecule has 166 valence electrons. The summed E-state index contributed by atoms with van der Waals surface area (Å²) in [5.41, 5.74) is 2.32. The third-order valence-electron chi connectivity index (χ3n) is 5.86. The normalized spacial score (nSPS) is 21.9. The molecule has 0 N–H and O–H groups in total. The van der Waals surface area contributed by atoms with Crippen LogP contribution in [0.5, 0.6) is 0 Å². The number of benzene rings is 3. The van der Waals surface area contributed by atoms with Gasteiger partial charge in [-0.3, -0.25) is 14.4 Å². The Hall–Kier alpha value is -3.49. The fraction of sp³-hybridized carbons (Fsp3) is 0.160. The van der Waals surface area contributed by atoms with Crippen molar-refractivity contribution in [1.29, 1.82) is 0 Å². The molecule has 2 amide bonds. The van der Waals surface area contributed by atoms with Crippen molar-refractivity contribution in [2.45, 2.75) is 12.1 Å². The van der Waals surface area contributed by atoms with Crippen LogP contribution < -0.4 is 9.96 Å². The summed E-state index contributed by atoms with van der Waals surface area (Å²) in [6.45, 7) is 0. The van der Waals surface area contributed by atoms with E-state index in [9.17, 15) is 14.4 Å². The third kappa shape index (κ3) is 3.61. The zero-order chi connectivity index (χ0) is 23.1. The van der Waals surface area contributed by atoms with E-state index in [1.807, 2.05) is 54.6 Å². The summed E-state index contributed by atoms with van der Waals surface area (Å²) in [5.74, 6) is -2.00. The molecular weight excluding hydrogens is 488 g/mol. The van der Waals surface area contributed by atoms with Crippen molar-refractivity contribution in [3.63, 3.8) is 0 Å². The maximum Gasteiger partial charge on any atom is 0.337 e. The fourth-order valence-electron chi connectivity index (χ4n) is 4.36. The second kappa shape index (κ2) is 8.46. The summed E-state index contributed by atoms with van der Waals surface area (Å²) >= 11 is 3.50. The molecule has 0 spiro atoms. The molecule has 2 fully saturated rings. The van der Waals surface area contributed by atoms with Gasteiger partial charge in [0.1, 0.15) is 5.92 Å². The van der Waals surface area contributed by atoms with Crippen LogP contribution in [0.1, 0.15) is 22.0 Å². The van der Waals surface area contributed by atoms with Crippen molar-refractivity contribution in [3.8, 4) is 0 Å². The van der Waals surface area contributed by atoms with Gasteiger partial charge < -0.3 is 4.74 Å². The number of hydroxylamine groups is 1. The summed E-state index contributed by atoms with van der Waals surface area (Å²) in [7, 11) is 1.29. The van der Waals surface area contributed by atoms with Crippen molar-refractivity contribution in [2.24, 2.45) is 5.92 Å². The highest BCUT2D eigenvalue weighted by Crippen LogP contribution is 2.47. The lowest BCUT2D eigenvalue weighted by Gasteiger charge is -2.28. The van der Waals surface area contributed by atoms with Gasteiger partial charge in [0.2, 0.25) is 5.91 Å². The molecule has 2 aliphatic heterocycles. The van der Waals surface area contributed by atoms with E-state index in [0.717, 1.165) is 20.6 Å². The van der Waals surface area contributed by atoms with Crippen LogP contribution in [0.4, 0.5) is 11.4 Å². The minimum absolute atomic E-state index is 0.332. The highest BCUT2D eigenvalue weighted by Gasteiger charge is 2.60. The average Bonchev–Trinajstić information content (AvgIpc) is 3.35. The molecule has 2 heterocycles. The molecule has 0 saturated carbocycles. The quantitative estimate of drug-likeness (QED) is 0.388. The number of fused-ring (bicyclic) bond motifs is 1. The molecule has 3 aromatic carbocycles. The van der Waals surface area contributed by atoms with Crippen molar-refractivity contribution in [3.05, 3.63) is 94.5 Å². The number of nitrogens with zero attached hydrogens (tertiary/aromatic N) is 2. The predicted molar refractivity (Wildman–Crippen MR) is 124 cm³/mol. The number of para-hydroxylation sites is 1. The number of anilines is 2. The van der Waals surface area contributed by atoms with Crippen LogP contribution in [-0.2, 0) is 19.2 Å². The van der Waals surface area contributed by atoms with Crippen molar-refractivity contribution < 1.29 is 24.0 Å². The van der Waals surface area contributed by atoms with Gasteiger partial charge in [-0.1, -0.05) is 46.3 Å². The summed E-state index contributed by atoms with van der Waals surface area (Å²) in [6.07, 6.45) is -0.957. The largest absolute Gasteiger partial charge is 0.465 e. The Balaban J connectivity index is 1.53. The Morgan fingerprint density at radius 2 is 1.64 bits per heavy atom. The number of ether oxygens (including phenoxy) is 1.